The number of methoxy groups -OCH3 is 2. The molecule has 0 fully saturated rings. The zero-order valence-corrected chi connectivity index (χ0v) is 14.4. The largest absolute Gasteiger partial charge is 0.383 e. The number of carbonyl (C=O) groups is 1. The van der Waals surface area contributed by atoms with Crippen LogP contribution in [0.1, 0.15) is 16.1 Å². The van der Waals surface area contributed by atoms with Crippen LogP contribution in [-0.2, 0) is 9.47 Å². The molecule has 130 valence electrons. The maximum atomic E-state index is 12.8. The van der Waals surface area contributed by atoms with Gasteiger partial charge in [0.1, 0.15) is 11.8 Å². The lowest BCUT2D eigenvalue weighted by atomic mass is 10.1. The molecule has 0 unspecified atom stereocenters. The Labute approximate surface area is 147 Å². The van der Waals surface area contributed by atoms with Crippen LogP contribution >= 0.6 is 0 Å². The van der Waals surface area contributed by atoms with Gasteiger partial charge >= 0.3 is 0 Å². The Morgan fingerprint density at radius 2 is 1.80 bits per heavy atom. The second-order valence-corrected chi connectivity index (χ2v) is 5.38. The van der Waals surface area contributed by atoms with Crippen LogP contribution in [0.25, 0.3) is 11.3 Å². The number of hydrogen-bond acceptors (Lipinski definition) is 5. The molecule has 0 saturated carbocycles. The second-order valence-electron chi connectivity index (χ2n) is 5.38. The lowest BCUT2D eigenvalue weighted by Gasteiger charge is -2.22. The number of benzene rings is 1. The van der Waals surface area contributed by atoms with E-state index >= 15 is 0 Å². The summed E-state index contributed by atoms with van der Waals surface area (Å²) in [5.41, 5.74) is 2.36. The molecule has 0 aliphatic heterocycles. The van der Waals surface area contributed by atoms with Crippen molar-refractivity contribution in [1.82, 2.24) is 9.88 Å². The molecule has 1 aromatic heterocycles. The van der Waals surface area contributed by atoms with E-state index < -0.39 is 0 Å². The van der Waals surface area contributed by atoms with Crippen molar-refractivity contribution < 1.29 is 14.3 Å². The van der Waals surface area contributed by atoms with Crippen LogP contribution in [0.4, 0.5) is 0 Å². The summed E-state index contributed by atoms with van der Waals surface area (Å²) in [4.78, 5) is 18.8. The smallest absolute Gasteiger partial charge is 0.254 e. The van der Waals surface area contributed by atoms with E-state index in [4.69, 9.17) is 14.7 Å². The van der Waals surface area contributed by atoms with Gasteiger partial charge in [-0.05, 0) is 24.3 Å². The molecule has 6 nitrogen and oxygen atoms in total. The Balaban J connectivity index is 2.26. The summed E-state index contributed by atoms with van der Waals surface area (Å²) < 4.78 is 10.2. The van der Waals surface area contributed by atoms with Crippen LogP contribution < -0.4 is 0 Å². The van der Waals surface area contributed by atoms with Crippen molar-refractivity contribution in [2.24, 2.45) is 0 Å². The van der Waals surface area contributed by atoms with Crippen molar-refractivity contribution in [3.63, 3.8) is 0 Å². The van der Waals surface area contributed by atoms with Gasteiger partial charge in [-0.1, -0.05) is 18.2 Å². The SMILES string of the molecule is COCCN(CCOC)C(=O)c1cccc(-c2cccc(C#N)n2)c1. The minimum Gasteiger partial charge on any atom is -0.383 e. The maximum absolute atomic E-state index is 12.8. The topological polar surface area (TPSA) is 75.5 Å². The van der Waals surface area contributed by atoms with E-state index in [1.54, 1.807) is 43.4 Å². The predicted octanol–water partition coefficient (Wildman–Crippen LogP) is 2.36. The summed E-state index contributed by atoms with van der Waals surface area (Å²) >= 11 is 0. The van der Waals surface area contributed by atoms with Gasteiger partial charge in [0.15, 0.2) is 0 Å². The molecule has 0 bridgehead atoms. The molecule has 1 heterocycles. The fourth-order valence-electron chi connectivity index (χ4n) is 2.37. The van der Waals surface area contributed by atoms with Crippen molar-refractivity contribution in [2.75, 3.05) is 40.5 Å². The van der Waals surface area contributed by atoms with Gasteiger partial charge in [0.25, 0.3) is 5.91 Å². The molecule has 2 aromatic rings. The first kappa shape index (κ1) is 18.6. The standard InChI is InChI=1S/C19H21N3O3/c1-24-11-9-22(10-12-25-2)19(23)16-6-3-5-15(13-16)18-8-4-7-17(14-20)21-18/h3-8,13H,9-12H2,1-2H3. The van der Waals surface area contributed by atoms with E-state index in [-0.39, 0.29) is 5.91 Å². The first-order chi connectivity index (χ1) is 12.2. The third kappa shape index (κ3) is 5.11. The fraction of sp³-hybridized carbons (Fsp3) is 0.316. The summed E-state index contributed by atoms with van der Waals surface area (Å²) in [5, 5.41) is 8.99. The van der Waals surface area contributed by atoms with Crippen molar-refractivity contribution >= 4 is 5.91 Å². The van der Waals surface area contributed by atoms with Crippen molar-refractivity contribution in [1.29, 1.82) is 5.26 Å². The highest BCUT2D eigenvalue weighted by Gasteiger charge is 2.16. The summed E-state index contributed by atoms with van der Waals surface area (Å²) in [6.45, 7) is 1.90. The number of nitriles is 1. The molecule has 0 radical (unpaired) electrons. The van der Waals surface area contributed by atoms with E-state index in [0.717, 1.165) is 5.56 Å². The van der Waals surface area contributed by atoms with Crippen LogP contribution in [0.15, 0.2) is 42.5 Å². The van der Waals surface area contributed by atoms with Crippen molar-refractivity contribution in [3.05, 3.63) is 53.7 Å². The quantitative estimate of drug-likeness (QED) is 0.738. The highest BCUT2D eigenvalue weighted by molar-refractivity contribution is 5.95. The van der Waals surface area contributed by atoms with Crippen LogP contribution in [0, 0.1) is 11.3 Å². The molecule has 0 aliphatic rings. The predicted molar refractivity (Wildman–Crippen MR) is 94.0 cm³/mol. The molecule has 0 atom stereocenters. The van der Waals surface area contributed by atoms with E-state index in [1.807, 2.05) is 24.3 Å². The Kier molecular flexibility index (Phi) is 7.08. The van der Waals surface area contributed by atoms with Crippen LogP contribution in [0.3, 0.4) is 0 Å². The molecule has 0 spiro atoms. The minimum absolute atomic E-state index is 0.0904. The summed E-state index contributed by atoms with van der Waals surface area (Å²) in [5.74, 6) is -0.0904. The Morgan fingerprint density at radius 1 is 1.12 bits per heavy atom. The first-order valence-electron chi connectivity index (χ1n) is 7.94. The molecule has 25 heavy (non-hydrogen) atoms. The lowest BCUT2D eigenvalue weighted by Crippen LogP contribution is -2.36. The Morgan fingerprint density at radius 3 is 2.44 bits per heavy atom. The van der Waals surface area contributed by atoms with Crippen molar-refractivity contribution in [3.8, 4) is 17.3 Å². The average molecular weight is 339 g/mol. The number of pyridine rings is 1. The number of rotatable bonds is 8. The highest BCUT2D eigenvalue weighted by atomic mass is 16.5. The summed E-state index contributed by atoms with van der Waals surface area (Å²) in [6, 6.07) is 14.5. The van der Waals surface area contributed by atoms with Crippen LogP contribution in [-0.4, -0.2) is 56.3 Å². The van der Waals surface area contributed by atoms with Gasteiger partial charge in [0, 0.05) is 38.4 Å². The molecule has 2 rings (SSSR count). The molecule has 1 aromatic carbocycles. The van der Waals surface area contributed by atoms with Gasteiger partial charge in [0.05, 0.1) is 18.9 Å². The van der Waals surface area contributed by atoms with E-state index in [9.17, 15) is 4.79 Å². The van der Waals surface area contributed by atoms with E-state index in [2.05, 4.69) is 4.98 Å². The second kappa shape index (κ2) is 9.52. The summed E-state index contributed by atoms with van der Waals surface area (Å²) in [7, 11) is 3.21. The molecular formula is C19H21N3O3. The maximum Gasteiger partial charge on any atom is 0.254 e. The number of nitrogens with zero attached hydrogens (tertiary/aromatic N) is 3. The zero-order valence-electron chi connectivity index (χ0n) is 14.4. The van der Waals surface area contributed by atoms with Gasteiger partial charge in [0.2, 0.25) is 0 Å². The number of carbonyl (C=O) groups excluding carboxylic acids is 1. The van der Waals surface area contributed by atoms with Gasteiger partial charge < -0.3 is 14.4 Å². The van der Waals surface area contributed by atoms with Gasteiger partial charge in [-0.25, -0.2) is 4.98 Å². The number of ether oxygens (including phenoxy) is 2. The molecule has 0 aliphatic carbocycles. The van der Waals surface area contributed by atoms with E-state index in [0.29, 0.717) is 43.3 Å². The number of hydrogen-bond donors (Lipinski definition) is 0. The Hall–Kier alpha value is -2.75. The minimum atomic E-state index is -0.0904. The Bertz CT molecular complexity index is 748. The van der Waals surface area contributed by atoms with Gasteiger partial charge in [-0.15, -0.1) is 0 Å². The molecule has 1 amide bonds. The molecule has 0 N–H and O–H groups in total. The van der Waals surface area contributed by atoms with Gasteiger partial charge in [-0.2, -0.15) is 5.26 Å². The molecule has 0 saturated heterocycles. The van der Waals surface area contributed by atoms with E-state index in [1.165, 1.54) is 0 Å². The normalized spacial score (nSPS) is 10.3. The summed E-state index contributed by atoms with van der Waals surface area (Å²) in [6.07, 6.45) is 0. The third-order valence-corrected chi connectivity index (χ3v) is 3.69. The monoisotopic (exact) mass is 339 g/mol. The molecular weight excluding hydrogens is 318 g/mol. The number of aromatic nitrogens is 1. The fourth-order valence-corrected chi connectivity index (χ4v) is 2.37. The van der Waals surface area contributed by atoms with Crippen LogP contribution in [0.5, 0.6) is 0 Å². The van der Waals surface area contributed by atoms with Crippen LogP contribution in [0.2, 0.25) is 0 Å². The van der Waals surface area contributed by atoms with Crippen molar-refractivity contribution in [2.45, 2.75) is 0 Å². The average Bonchev–Trinajstić information content (AvgIpc) is 2.68. The van der Waals surface area contributed by atoms with Gasteiger partial charge in [-0.3, -0.25) is 4.79 Å². The highest BCUT2D eigenvalue weighted by Crippen LogP contribution is 2.19. The third-order valence-electron chi connectivity index (χ3n) is 3.69. The first-order valence-corrected chi connectivity index (χ1v) is 7.94. The molecule has 6 heteroatoms. The number of amides is 1. The zero-order chi connectivity index (χ0) is 18.1. The lowest BCUT2D eigenvalue weighted by molar-refractivity contribution is 0.0627.